The molecule has 0 unspecified atom stereocenters. The summed E-state index contributed by atoms with van der Waals surface area (Å²) in [5.41, 5.74) is 7.89. The number of carbonyl (C=O) groups excluding carboxylic acids is 2. The Morgan fingerprint density at radius 1 is 1.00 bits per heavy atom. The SMILES string of the molecule is CCC(=O)CC[C@H](N)C(=O)Cc1ccc(OCc2ccccc2)cc1. The van der Waals surface area contributed by atoms with Crippen molar-refractivity contribution in [2.45, 2.75) is 45.3 Å². The fourth-order valence-electron chi connectivity index (χ4n) is 2.43. The van der Waals surface area contributed by atoms with Gasteiger partial charge in [0.2, 0.25) is 0 Å². The molecule has 0 radical (unpaired) electrons. The van der Waals surface area contributed by atoms with Crippen LogP contribution in [0.25, 0.3) is 0 Å². The Hall–Kier alpha value is -2.46. The minimum absolute atomic E-state index is 0.0399. The molecule has 0 spiro atoms. The maximum atomic E-state index is 12.1. The first-order valence-electron chi connectivity index (χ1n) is 8.64. The molecule has 0 aromatic heterocycles. The van der Waals surface area contributed by atoms with Crippen molar-refractivity contribution in [1.29, 1.82) is 0 Å². The van der Waals surface area contributed by atoms with Crippen molar-refractivity contribution in [2.24, 2.45) is 5.73 Å². The van der Waals surface area contributed by atoms with E-state index in [0.29, 0.717) is 25.9 Å². The quantitative estimate of drug-likeness (QED) is 0.720. The molecular formula is C21H25NO3. The van der Waals surface area contributed by atoms with Crippen LogP contribution in [0, 0.1) is 0 Å². The molecule has 2 rings (SSSR count). The molecule has 4 nitrogen and oxygen atoms in total. The lowest BCUT2D eigenvalue weighted by Crippen LogP contribution is -2.32. The highest BCUT2D eigenvalue weighted by atomic mass is 16.5. The van der Waals surface area contributed by atoms with E-state index >= 15 is 0 Å². The van der Waals surface area contributed by atoms with Gasteiger partial charge < -0.3 is 10.5 Å². The molecule has 2 aromatic carbocycles. The molecule has 0 heterocycles. The molecule has 2 N–H and O–H groups in total. The van der Waals surface area contributed by atoms with Crippen LogP contribution in [-0.4, -0.2) is 17.6 Å². The molecule has 0 aliphatic carbocycles. The molecule has 0 saturated heterocycles. The summed E-state index contributed by atoms with van der Waals surface area (Å²) in [7, 11) is 0. The molecule has 0 saturated carbocycles. The summed E-state index contributed by atoms with van der Waals surface area (Å²) in [5.74, 6) is 0.864. The molecule has 0 amide bonds. The van der Waals surface area contributed by atoms with Crippen molar-refractivity contribution < 1.29 is 14.3 Å². The van der Waals surface area contributed by atoms with Gasteiger partial charge in [0.05, 0.1) is 6.04 Å². The second-order valence-corrected chi connectivity index (χ2v) is 6.10. The van der Waals surface area contributed by atoms with Crippen molar-refractivity contribution in [3.05, 3.63) is 65.7 Å². The van der Waals surface area contributed by atoms with Gasteiger partial charge in [-0.3, -0.25) is 9.59 Å². The fourth-order valence-corrected chi connectivity index (χ4v) is 2.43. The van der Waals surface area contributed by atoms with E-state index in [-0.39, 0.29) is 18.0 Å². The van der Waals surface area contributed by atoms with E-state index in [4.69, 9.17) is 10.5 Å². The number of nitrogens with two attached hydrogens (primary N) is 1. The zero-order chi connectivity index (χ0) is 18.1. The lowest BCUT2D eigenvalue weighted by atomic mass is 9.99. The van der Waals surface area contributed by atoms with E-state index in [1.807, 2.05) is 61.5 Å². The van der Waals surface area contributed by atoms with Gasteiger partial charge in [0.25, 0.3) is 0 Å². The van der Waals surface area contributed by atoms with Crippen LogP contribution in [-0.2, 0) is 22.6 Å². The van der Waals surface area contributed by atoms with E-state index in [0.717, 1.165) is 16.9 Å². The van der Waals surface area contributed by atoms with Gasteiger partial charge in [-0.15, -0.1) is 0 Å². The lowest BCUT2D eigenvalue weighted by molar-refractivity contribution is -0.120. The summed E-state index contributed by atoms with van der Waals surface area (Å²) in [6.07, 6.45) is 1.56. The Morgan fingerprint density at radius 2 is 1.68 bits per heavy atom. The van der Waals surface area contributed by atoms with Crippen LogP contribution in [0.4, 0.5) is 0 Å². The number of Topliss-reactive ketones (excluding diaryl/α,β-unsaturated/α-hetero) is 2. The average molecular weight is 339 g/mol. The third-order valence-corrected chi connectivity index (χ3v) is 4.09. The molecule has 0 fully saturated rings. The molecule has 0 aliphatic rings. The maximum Gasteiger partial charge on any atom is 0.153 e. The monoisotopic (exact) mass is 339 g/mol. The maximum absolute atomic E-state index is 12.1. The van der Waals surface area contributed by atoms with Gasteiger partial charge in [0, 0.05) is 19.3 Å². The van der Waals surface area contributed by atoms with Gasteiger partial charge in [-0.05, 0) is 29.7 Å². The smallest absolute Gasteiger partial charge is 0.153 e. The highest BCUT2D eigenvalue weighted by molar-refractivity contribution is 5.86. The number of carbonyl (C=O) groups is 2. The third-order valence-electron chi connectivity index (χ3n) is 4.09. The van der Waals surface area contributed by atoms with E-state index in [1.165, 1.54) is 0 Å². The number of ketones is 2. The Balaban J connectivity index is 1.81. The van der Waals surface area contributed by atoms with Crippen LogP contribution < -0.4 is 10.5 Å². The summed E-state index contributed by atoms with van der Waals surface area (Å²) in [6, 6.07) is 16.8. The van der Waals surface area contributed by atoms with Crippen LogP contribution in [0.3, 0.4) is 0 Å². The van der Waals surface area contributed by atoms with Crippen molar-refractivity contribution in [3.8, 4) is 5.75 Å². The lowest BCUT2D eigenvalue weighted by Gasteiger charge is -2.11. The highest BCUT2D eigenvalue weighted by Crippen LogP contribution is 2.15. The summed E-state index contributed by atoms with van der Waals surface area (Å²) in [5, 5.41) is 0. The standard InChI is InChI=1S/C21H25NO3/c1-2-18(23)10-13-20(22)21(24)14-16-8-11-19(12-9-16)25-15-17-6-4-3-5-7-17/h3-9,11-12,20H,2,10,13-15,22H2,1H3/t20-/m0/s1. The average Bonchev–Trinajstić information content (AvgIpc) is 2.66. The topological polar surface area (TPSA) is 69.4 Å². The van der Waals surface area contributed by atoms with Crippen LogP contribution in [0.15, 0.2) is 54.6 Å². The predicted molar refractivity (Wildman–Crippen MR) is 98.4 cm³/mol. The van der Waals surface area contributed by atoms with Crippen molar-refractivity contribution in [1.82, 2.24) is 0 Å². The van der Waals surface area contributed by atoms with E-state index in [2.05, 4.69) is 0 Å². The Kier molecular flexibility index (Phi) is 7.36. The largest absolute Gasteiger partial charge is 0.489 e. The summed E-state index contributed by atoms with van der Waals surface area (Å²) in [6.45, 7) is 2.33. The second kappa shape index (κ2) is 9.74. The minimum atomic E-state index is -0.579. The number of hydrogen-bond donors (Lipinski definition) is 1. The molecule has 0 aliphatic heterocycles. The Bertz CT molecular complexity index is 680. The number of hydrogen-bond acceptors (Lipinski definition) is 4. The molecule has 4 heteroatoms. The van der Waals surface area contributed by atoms with Gasteiger partial charge in [0.1, 0.15) is 18.1 Å². The molecular weight excluding hydrogens is 314 g/mol. The van der Waals surface area contributed by atoms with E-state index in [1.54, 1.807) is 0 Å². The van der Waals surface area contributed by atoms with Gasteiger partial charge in [0.15, 0.2) is 5.78 Å². The number of ether oxygens (including phenoxy) is 1. The summed E-state index contributed by atoms with van der Waals surface area (Å²) < 4.78 is 5.73. The molecule has 2 aromatic rings. The van der Waals surface area contributed by atoms with Crippen LogP contribution >= 0.6 is 0 Å². The first-order chi connectivity index (χ1) is 12.1. The van der Waals surface area contributed by atoms with Gasteiger partial charge in [-0.1, -0.05) is 49.4 Å². The summed E-state index contributed by atoms with van der Waals surface area (Å²) in [4.78, 5) is 23.5. The predicted octanol–water partition coefficient (Wildman–Crippen LogP) is 3.46. The zero-order valence-corrected chi connectivity index (χ0v) is 14.6. The molecule has 1 atom stereocenters. The number of rotatable bonds is 10. The Morgan fingerprint density at radius 3 is 2.32 bits per heavy atom. The van der Waals surface area contributed by atoms with Crippen LogP contribution in [0.1, 0.15) is 37.3 Å². The number of benzene rings is 2. The van der Waals surface area contributed by atoms with E-state index in [9.17, 15) is 9.59 Å². The van der Waals surface area contributed by atoms with Crippen molar-refractivity contribution in [3.63, 3.8) is 0 Å². The highest BCUT2D eigenvalue weighted by Gasteiger charge is 2.15. The fraction of sp³-hybridized carbons (Fsp3) is 0.333. The molecule has 0 bridgehead atoms. The Labute approximate surface area is 149 Å². The van der Waals surface area contributed by atoms with Crippen LogP contribution in [0.2, 0.25) is 0 Å². The molecule has 132 valence electrons. The molecule has 25 heavy (non-hydrogen) atoms. The van der Waals surface area contributed by atoms with Crippen molar-refractivity contribution >= 4 is 11.6 Å². The van der Waals surface area contributed by atoms with Gasteiger partial charge in [-0.25, -0.2) is 0 Å². The van der Waals surface area contributed by atoms with Crippen molar-refractivity contribution in [2.75, 3.05) is 0 Å². The zero-order valence-electron chi connectivity index (χ0n) is 14.6. The first kappa shape index (κ1) is 18.9. The summed E-state index contributed by atoms with van der Waals surface area (Å²) >= 11 is 0. The minimum Gasteiger partial charge on any atom is -0.489 e. The second-order valence-electron chi connectivity index (χ2n) is 6.10. The first-order valence-corrected chi connectivity index (χ1v) is 8.64. The normalized spacial score (nSPS) is 11.8. The van der Waals surface area contributed by atoms with Gasteiger partial charge >= 0.3 is 0 Å². The van der Waals surface area contributed by atoms with Gasteiger partial charge in [-0.2, -0.15) is 0 Å². The van der Waals surface area contributed by atoms with Crippen LogP contribution in [0.5, 0.6) is 5.75 Å². The van der Waals surface area contributed by atoms with E-state index < -0.39 is 6.04 Å². The third kappa shape index (κ3) is 6.51.